The zero-order chi connectivity index (χ0) is 20.3. The van der Waals surface area contributed by atoms with Crippen LogP contribution in [-0.4, -0.2) is 12.0 Å². The highest BCUT2D eigenvalue weighted by Crippen LogP contribution is 2.24. The largest absolute Gasteiger partial charge is 0.481 e. The Balaban J connectivity index is 1.73. The van der Waals surface area contributed by atoms with Crippen LogP contribution in [0.3, 0.4) is 0 Å². The maximum Gasteiger partial charge on any atom is 0.261 e. The number of hydrogen-bond donors (Lipinski definition) is 1. The summed E-state index contributed by atoms with van der Waals surface area (Å²) in [5, 5.41) is 5.39. The van der Waals surface area contributed by atoms with Crippen LogP contribution in [0.5, 0.6) is 5.75 Å². The number of carbonyl (C=O) groups is 1. The average molecular weight is 376 g/mol. The molecule has 3 heteroatoms. The number of rotatable bonds is 6. The smallest absolute Gasteiger partial charge is 0.261 e. The van der Waals surface area contributed by atoms with Gasteiger partial charge in [0, 0.05) is 0 Å². The number of carbonyl (C=O) groups excluding carboxylic acids is 1. The van der Waals surface area contributed by atoms with Gasteiger partial charge in [-0.3, -0.25) is 4.79 Å². The van der Waals surface area contributed by atoms with Crippen molar-refractivity contribution in [3.05, 3.63) is 76.9 Å². The van der Waals surface area contributed by atoms with E-state index in [9.17, 15) is 4.79 Å². The van der Waals surface area contributed by atoms with Crippen molar-refractivity contribution in [1.29, 1.82) is 0 Å². The molecule has 3 nitrogen and oxygen atoms in total. The molecule has 1 N–H and O–H groups in total. The van der Waals surface area contributed by atoms with E-state index in [2.05, 4.69) is 44.3 Å². The van der Waals surface area contributed by atoms with Crippen LogP contribution in [0.25, 0.3) is 10.8 Å². The van der Waals surface area contributed by atoms with Gasteiger partial charge in [-0.15, -0.1) is 0 Å². The molecule has 2 atom stereocenters. The normalized spacial score (nSPS) is 13.2. The quantitative estimate of drug-likeness (QED) is 0.591. The molecule has 0 fully saturated rings. The topological polar surface area (TPSA) is 38.3 Å². The number of hydrogen-bond acceptors (Lipinski definition) is 2. The molecule has 0 unspecified atom stereocenters. The monoisotopic (exact) mass is 375 g/mol. The maximum absolute atomic E-state index is 12.9. The number of nitrogens with one attached hydrogen (secondary N) is 1. The summed E-state index contributed by atoms with van der Waals surface area (Å²) in [6.07, 6.45) is 0.0903. The lowest BCUT2D eigenvalue weighted by molar-refractivity contribution is -0.128. The second kappa shape index (κ2) is 8.47. The summed E-state index contributed by atoms with van der Waals surface area (Å²) in [7, 11) is 0. The molecule has 0 bridgehead atoms. The first-order chi connectivity index (χ1) is 13.4. The van der Waals surface area contributed by atoms with E-state index in [4.69, 9.17) is 4.74 Å². The standard InChI is InChI=1S/C25H29NO2/c1-6-24(28-22-12-11-20-9-7-8-10-21(20)15-22)25(27)26-19(5)23-14-17(3)16(2)13-18(23)4/h7-15,19,24H,6H2,1-5H3,(H,26,27)/t19-,24-/m0/s1. The first-order valence-electron chi connectivity index (χ1n) is 9.92. The molecular formula is C25H29NO2. The number of aryl methyl sites for hydroxylation is 3. The zero-order valence-corrected chi connectivity index (χ0v) is 17.4. The Morgan fingerprint density at radius 2 is 1.61 bits per heavy atom. The van der Waals surface area contributed by atoms with Gasteiger partial charge in [0.2, 0.25) is 0 Å². The Kier molecular flexibility index (Phi) is 6.03. The second-order valence-electron chi connectivity index (χ2n) is 7.55. The molecule has 28 heavy (non-hydrogen) atoms. The molecule has 0 spiro atoms. The molecule has 3 rings (SSSR count). The Morgan fingerprint density at radius 3 is 2.32 bits per heavy atom. The van der Waals surface area contributed by atoms with Gasteiger partial charge in [0.15, 0.2) is 6.10 Å². The fourth-order valence-electron chi connectivity index (χ4n) is 3.56. The van der Waals surface area contributed by atoms with Crippen molar-refractivity contribution in [3.63, 3.8) is 0 Å². The van der Waals surface area contributed by atoms with Crippen LogP contribution in [-0.2, 0) is 4.79 Å². The van der Waals surface area contributed by atoms with Crippen molar-refractivity contribution >= 4 is 16.7 Å². The highest BCUT2D eigenvalue weighted by atomic mass is 16.5. The summed E-state index contributed by atoms with van der Waals surface area (Å²) >= 11 is 0. The van der Waals surface area contributed by atoms with Crippen LogP contribution in [0.2, 0.25) is 0 Å². The predicted octanol–water partition coefficient (Wildman–Crippen LogP) is 5.80. The molecule has 0 aliphatic carbocycles. The Hall–Kier alpha value is -2.81. The summed E-state index contributed by atoms with van der Waals surface area (Å²) in [5.41, 5.74) is 4.85. The van der Waals surface area contributed by atoms with Crippen LogP contribution in [0, 0.1) is 20.8 Å². The third-order valence-corrected chi connectivity index (χ3v) is 5.37. The van der Waals surface area contributed by atoms with Crippen molar-refractivity contribution in [3.8, 4) is 5.75 Å². The first-order valence-corrected chi connectivity index (χ1v) is 9.92. The zero-order valence-electron chi connectivity index (χ0n) is 17.4. The summed E-state index contributed by atoms with van der Waals surface area (Å²) in [4.78, 5) is 12.9. The minimum absolute atomic E-state index is 0.0685. The molecular weight excluding hydrogens is 346 g/mol. The number of fused-ring (bicyclic) bond motifs is 1. The fraction of sp³-hybridized carbons (Fsp3) is 0.320. The van der Waals surface area contributed by atoms with Crippen LogP contribution in [0.1, 0.15) is 48.6 Å². The van der Waals surface area contributed by atoms with E-state index in [1.54, 1.807) is 0 Å². The van der Waals surface area contributed by atoms with Crippen molar-refractivity contribution in [1.82, 2.24) is 5.32 Å². The highest BCUT2D eigenvalue weighted by molar-refractivity contribution is 5.84. The van der Waals surface area contributed by atoms with Gasteiger partial charge in [-0.25, -0.2) is 0 Å². The lowest BCUT2D eigenvalue weighted by Crippen LogP contribution is -2.39. The maximum atomic E-state index is 12.9. The highest BCUT2D eigenvalue weighted by Gasteiger charge is 2.21. The van der Waals surface area contributed by atoms with Crippen LogP contribution in [0.15, 0.2) is 54.6 Å². The van der Waals surface area contributed by atoms with E-state index in [0.717, 1.165) is 22.1 Å². The predicted molar refractivity (Wildman–Crippen MR) is 116 cm³/mol. The molecule has 146 valence electrons. The van der Waals surface area contributed by atoms with Crippen LogP contribution >= 0.6 is 0 Å². The van der Waals surface area contributed by atoms with Crippen molar-refractivity contribution in [2.75, 3.05) is 0 Å². The summed E-state index contributed by atoms with van der Waals surface area (Å²) in [6.45, 7) is 10.3. The molecule has 0 heterocycles. The van der Waals surface area contributed by atoms with Crippen molar-refractivity contribution < 1.29 is 9.53 Å². The average Bonchev–Trinajstić information content (AvgIpc) is 2.68. The molecule has 0 aliphatic heterocycles. The van der Waals surface area contributed by atoms with Crippen molar-refractivity contribution in [2.24, 2.45) is 0 Å². The van der Waals surface area contributed by atoms with Gasteiger partial charge in [-0.2, -0.15) is 0 Å². The van der Waals surface area contributed by atoms with Gasteiger partial charge in [0.25, 0.3) is 5.91 Å². The third-order valence-electron chi connectivity index (χ3n) is 5.37. The lowest BCUT2D eigenvalue weighted by atomic mass is 9.96. The minimum Gasteiger partial charge on any atom is -0.481 e. The summed E-state index contributed by atoms with van der Waals surface area (Å²) in [5.74, 6) is 0.636. The van der Waals surface area contributed by atoms with E-state index >= 15 is 0 Å². The van der Waals surface area contributed by atoms with Crippen LogP contribution in [0.4, 0.5) is 0 Å². The Labute approximate surface area is 167 Å². The van der Waals surface area contributed by atoms with Gasteiger partial charge in [-0.1, -0.05) is 49.4 Å². The molecule has 3 aromatic carbocycles. The van der Waals surface area contributed by atoms with Crippen molar-refractivity contribution in [2.45, 2.75) is 53.2 Å². The number of benzene rings is 3. The molecule has 0 aliphatic rings. The summed E-state index contributed by atoms with van der Waals surface area (Å²) in [6, 6.07) is 18.3. The van der Waals surface area contributed by atoms with E-state index < -0.39 is 6.10 Å². The van der Waals surface area contributed by atoms with Gasteiger partial charge in [0.05, 0.1) is 6.04 Å². The lowest BCUT2D eigenvalue weighted by Gasteiger charge is -2.22. The van der Waals surface area contributed by atoms with Crippen LogP contribution < -0.4 is 10.1 Å². The third kappa shape index (κ3) is 4.36. The number of amides is 1. The molecule has 0 radical (unpaired) electrons. The summed E-state index contributed by atoms with van der Waals surface area (Å²) < 4.78 is 6.03. The van der Waals surface area contributed by atoms with Gasteiger partial charge < -0.3 is 10.1 Å². The van der Waals surface area contributed by atoms with Gasteiger partial charge >= 0.3 is 0 Å². The first kappa shape index (κ1) is 19.9. The molecule has 0 saturated carbocycles. The Morgan fingerprint density at radius 1 is 0.929 bits per heavy atom. The fourth-order valence-corrected chi connectivity index (χ4v) is 3.56. The second-order valence-corrected chi connectivity index (χ2v) is 7.55. The number of ether oxygens (including phenoxy) is 1. The van der Waals surface area contributed by atoms with E-state index in [0.29, 0.717) is 6.42 Å². The molecule has 1 amide bonds. The van der Waals surface area contributed by atoms with E-state index in [1.807, 2.05) is 50.2 Å². The minimum atomic E-state index is -0.518. The molecule has 0 saturated heterocycles. The van der Waals surface area contributed by atoms with E-state index in [-0.39, 0.29) is 11.9 Å². The van der Waals surface area contributed by atoms with E-state index in [1.165, 1.54) is 16.7 Å². The SMILES string of the molecule is CC[C@H](Oc1ccc2ccccc2c1)C(=O)N[C@@H](C)c1cc(C)c(C)cc1C. The van der Waals surface area contributed by atoms with Gasteiger partial charge in [-0.05, 0) is 79.3 Å². The Bertz CT molecular complexity index is 993. The van der Waals surface area contributed by atoms with Gasteiger partial charge in [0.1, 0.15) is 5.75 Å². The molecule has 3 aromatic rings. The molecule has 0 aromatic heterocycles.